The minimum absolute atomic E-state index is 0.451. The molecule has 0 saturated carbocycles. The Balaban J connectivity index is 2.59. The van der Waals surface area contributed by atoms with E-state index in [2.05, 4.69) is 39.5 Å². The van der Waals surface area contributed by atoms with Gasteiger partial charge in [-0.2, -0.15) is 0 Å². The quantitative estimate of drug-likeness (QED) is 0.757. The fourth-order valence-electron chi connectivity index (χ4n) is 1.71. The SMILES string of the molecule is CCCc1nc(-c2cccc(Cl)c2Cl)nc(N)c1I. The van der Waals surface area contributed by atoms with E-state index in [1.54, 1.807) is 6.07 Å². The minimum atomic E-state index is 0.451. The second-order valence-corrected chi connectivity index (χ2v) is 5.91. The Hall–Kier alpha value is -0.590. The normalized spacial score (nSPS) is 10.7. The smallest absolute Gasteiger partial charge is 0.163 e. The summed E-state index contributed by atoms with van der Waals surface area (Å²) in [5.41, 5.74) is 7.59. The monoisotopic (exact) mass is 407 g/mol. The molecule has 0 unspecified atom stereocenters. The third kappa shape index (κ3) is 3.12. The van der Waals surface area contributed by atoms with E-state index in [1.807, 2.05) is 12.1 Å². The van der Waals surface area contributed by atoms with Crippen LogP contribution in [-0.2, 0) is 6.42 Å². The first-order valence-electron chi connectivity index (χ1n) is 5.80. The summed E-state index contributed by atoms with van der Waals surface area (Å²) >= 11 is 14.4. The highest BCUT2D eigenvalue weighted by Gasteiger charge is 2.14. The molecular formula is C13H12Cl2IN3. The number of aromatic nitrogens is 2. The zero-order valence-corrected chi connectivity index (χ0v) is 13.9. The Kier molecular flexibility index (Phi) is 4.86. The van der Waals surface area contributed by atoms with Crippen molar-refractivity contribution in [2.24, 2.45) is 0 Å². The fraction of sp³-hybridized carbons (Fsp3) is 0.231. The Morgan fingerprint density at radius 3 is 2.68 bits per heavy atom. The summed E-state index contributed by atoms with van der Waals surface area (Å²) in [6.45, 7) is 2.10. The van der Waals surface area contributed by atoms with Gasteiger partial charge in [-0.15, -0.1) is 0 Å². The van der Waals surface area contributed by atoms with Gasteiger partial charge < -0.3 is 5.73 Å². The number of rotatable bonds is 3. The highest BCUT2D eigenvalue weighted by atomic mass is 127. The molecule has 2 N–H and O–H groups in total. The molecule has 6 heteroatoms. The van der Waals surface area contributed by atoms with Gasteiger partial charge >= 0.3 is 0 Å². The van der Waals surface area contributed by atoms with Gasteiger partial charge in [-0.05, 0) is 41.1 Å². The maximum Gasteiger partial charge on any atom is 0.163 e. The Labute approximate surface area is 135 Å². The van der Waals surface area contributed by atoms with Crippen LogP contribution in [-0.4, -0.2) is 9.97 Å². The molecule has 0 aliphatic carbocycles. The number of hydrogen-bond acceptors (Lipinski definition) is 3. The lowest BCUT2D eigenvalue weighted by Crippen LogP contribution is -2.05. The van der Waals surface area contributed by atoms with Crippen LogP contribution in [0.4, 0.5) is 5.82 Å². The molecule has 0 aliphatic heterocycles. The van der Waals surface area contributed by atoms with Crippen molar-refractivity contribution in [3.63, 3.8) is 0 Å². The minimum Gasteiger partial charge on any atom is -0.383 e. The van der Waals surface area contributed by atoms with E-state index in [0.717, 1.165) is 22.1 Å². The highest BCUT2D eigenvalue weighted by Crippen LogP contribution is 2.33. The molecule has 100 valence electrons. The zero-order chi connectivity index (χ0) is 14.0. The first-order chi connectivity index (χ1) is 9.04. The van der Waals surface area contributed by atoms with Crippen LogP contribution in [0.5, 0.6) is 0 Å². The number of halogens is 3. The summed E-state index contributed by atoms with van der Waals surface area (Å²) in [4.78, 5) is 8.86. The van der Waals surface area contributed by atoms with Gasteiger partial charge in [0.15, 0.2) is 5.82 Å². The Bertz CT molecular complexity index is 617. The molecule has 0 spiro atoms. The standard InChI is InChI=1S/C13H12Cl2IN3/c1-2-4-9-11(16)12(17)19-13(18-9)7-5-3-6-8(14)10(7)15/h3,5-6H,2,4H2,1H3,(H2,17,18,19). The van der Waals surface area contributed by atoms with Crippen LogP contribution in [0.1, 0.15) is 19.0 Å². The van der Waals surface area contributed by atoms with Crippen LogP contribution in [0.3, 0.4) is 0 Å². The third-order valence-electron chi connectivity index (χ3n) is 2.62. The van der Waals surface area contributed by atoms with Crippen LogP contribution in [0.2, 0.25) is 10.0 Å². The number of anilines is 1. The molecule has 0 radical (unpaired) electrons. The summed E-state index contributed by atoms with van der Waals surface area (Å²) in [7, 11) is 0. The summed E-state index contributed by atoms with van der Waals surface area (Å²) in [5, 5.41) is 0.934. The number of nitrogens with zero attached hydrogens (tertiary/aromatic N) is 2. The van der Waals surface area contributed by atoms with Crippen molar-refractivity contribution in [1.29, 1.82) is 0 Å². The maximum absolute atomic E-state index is 6.19. The predicted octanol–water partition coefficient (Wildman–Crippen LogP) is 4.59. The van der Waals surface area contributed by atoms with Crippen LogP contribution in [0, 0.1) is 3.57 Å². The molecule has 0 bridgehead atoms. The lowest BCUT2D eigenvalue weighted by molar-refractivity contribution is 0.869. The molecule has 1 heterocycles. The van der Waals surface area contributed by atoms with Gasteiger partial charge in [0, 0.05) is 5.56 Å². The summed E-state index contributed by atoms with van der Waals surface area (Å²) in [6, 6.07) is 5.39. The molecule has 19 heavy (non-hydrogen) atoms. The summed E-state index contributed by atoms with van der Waals surface area (Å²) in [5.74, 6) is 0.999. The number of aryl methyl sites for hydroxylation is 1. The Morgan fingerprint density at radius 1 is 1.26 bits per heavy atom. The van der Waals surface area contributed by atoms with Crippen molar-refractivity contribution in [1.82, 2.24) is 9.97 Å². The van der Waals surface area contributed by atoms with Crippen molar-refractivity contribution >= 4 is 51.6 Å². The van der Waals surface area contributed by atoms with E-state index in [9.17, 15) is 0 Å². The fourth-order valence-corrected chi connectivity index (χ4v) is 2.61. The largest absolute Gasteiger partial charge is 0.383 e. The molecule has 0 aliphatic rings. The molecule has 2 rings (SSSR count). The Morgan fingerprint density at radius 2 is 2.00 bits per heavy atom. The van der Waals surface area contributed by atoms with Crippen LogP contribution < -0.4 is 5.73 Å². The van der Waals surface area contributed by atoms with Gasteiger partial charge in [0.05, 0.1) is 19.3 Å². The van der Waals surface area contributed by atoms with Crippen LogP contribution in [0.25, 0.3) is 11.4 Å². The number of nitrogens with two attached hydrogens (primary N) is 1. The third-order valence-corrected chi connectivity index (χ3v) is 4.62. The molecule has 0 atom stereocenters. The molecular weight excluding hydrogens is 396 g/mol. The summed E-state index contributed by atoms with van der Waals surface area (Å²) < 4.78 is 0.904. The van der Waals surface area contributed by atoms with E-state index in [0.29, 0.717) is 27.3 Å². The molecule has 1 aromatic carbocycles. The zero-order valence-electron chi connectivity index (χ0n) is 10.3. The molecule has 0 saturated heterocycles. The maximum atomic E-state index is 6.19. The van der Waals surface area contributed by atoms with E-state index < -0.39 is 0 Å². The van der Waals surface area contributed by atoms with E-state index in [-0.39, 0.29) is 0 Å². The number of hydrogen-bond donors (Lipinski definition) is 1. The van der Waals surface area contributed by atoms with Crippen LogP contribution >= 0.6 is 45.8 Å². The molecule has 1 aromatic heterocycles. The highest BCUT2D eigenvalue weighted by molar-refractivity contribution is 14.1. The molecule has 2 aromatic rings. The van der Waals surface area contributed by atoms with Gasteiger partial charge in [-0.25, -0.2) is 9.97 Å². The molecule has 3 nitrogen and oxygen atoms in total. The van der Waals surface area contributed by atoms with Gasteiger partial charge in [0.1, 0.15) is 5.82 Å². The first-order valence-corrected chi connectivity index (χ1v) is 7.64. The van der Waals surface area contributed by atoms with E-state index >= 15 is 0 Å². The van der Waals surface area contributed by atoms with Gasteiger partial charge in [-0.3, -0.25) is 0 Å². The van der Waals surface area contributed by atoms with E-state index in [4.69, 9.17) is 28.9 Å². The summed E-state index contributed by atoms with van der Waals surface area (Å²) in [6.07, 6.45) is 1.85. The second-order valence-electron chi connectivity index (χ2n) is 4.04. The average molecular weight is 408 g/mol. The lowest BCUT2D eigenvalue weighted by atomic mass is 10.2. The van der Waals surface area contributed by atoms with Gasteiger partial charge in [0.25, 0.3) is 0 Å². The lowest BCUT2D eigenvalue weighted by Gasteiger charge is -2.10. The topological polar surface area (TPSA) is 51.8 Å². The van der Waals surface area contributed by atoms with Crippen molar-refractivity contribution in [2.45, 2.75) is 19.8 Å². The van der Waals surface area contributed by atoms with Crippen molar-refractivity contribution < 1.29 is 0 Å². The first kappa shape index (κ1) is 14.8. The molecule has 0 fully saturated rings. The van der Waals surface area contributed by atoms with Gasteiger partial charge in [0.2, 0.25) is 0 Å². The van der Waals surface area contributed by atoms with Gasteiger partial charge in [-0.1, -0.05) is 42.6 Å². The average Bonchev–Trinajstić information content (AvgIpc) is 2.38. The molecule has 0 amide bonds. The van der Waals surface area contributed by atoms with Crippen molar-refractivity contribution in [3.8, 4) is 11.4 Å². The van der Waals surface area contributed by atoms with Crippen LogP contribution in [0.15, 0.2) is 18.2 Å². The van der Waals surface area contributed by atoms with Crippen molar-refractivity contribution in [3.05, 3.63) is 37.5 Å². The number of benzene rings is 1. The van der Waals surface area contributed by atoms with E-state index in [1.165, 1.54) is 0 Å². The predicted molar refractivity (Wildman–Crippen MR) is 88.6 cm³/mol. The second kappa shape index (κ2) is 6.24. The number of nitrogen functional groups attached to an aromatic ring is 1. The van der Waals surface area contributed by atoms with Crippen molar-refractivity contribution in [2.75, 3.05) is 5.73 Å².